The molecule has 7 heteroatoms. The Morgan fingerprint density at radius 2 is 2.17 bits per heavy atom. The van der Waals surface area contributed by atoms with Gasteiger partial charge in [-0.15, -0.1) is 0 Å². The van der Waals surface area contributed by atoms with Gasteiger partial charge in [-0.1, -0.05) is 0 Å². The number of nitrogens with zero attached hydrogens (tertiary/aromatic N) is 2. The van der Waals surface area contributed by atoms with E-state index >= 15 is 0 Å². The molecule has 0 aromatic carbocycles. The summed E-state index contributed by atoms with van der Waals surface area (Å²) in [6.45, 7) is 6.72. The monoisotopic (exact) mass is 293 g/mol. The highest BCUT2D eigenvalue weighted by molar-refractivity contribution is 8.00. The quantitative estimate of drug-likeness (QED) is 0.604. The summed E-state index contributed by atoms with van der Waals surface area (Å²) in [4.78, 5) is 6.42. The Kier molecular flexibility index (Phi) is 5.33. The van der Waals surface area contributed by atoms with Crippen molar-refractivity contribution >= 4 is 27.6 Å². The number of hydrogen-bond acceptors (Lipinski definition) is 4. The molecule has 0 saturated carbocycles. The molecule has 106 valence electrons. The highest BCUT2D eigenvalue weighted by Crippen LogP contribution is 2.29. The molecule has 0 unspecified atom stereocenters. The number of thioether (sulfide) groups is 1. The first-order valence-electron chi connectivity index (χ1n) is 6.01. The molecule has 0 aromatic rings. The molecule has 0 aromatic heterocycles. The van der Waals surface area contributed by atoms with E-state index < -0.39 is 9.84 Å². The van der Waals surface area contributed by atoms with Crippen LogP contribution in [-0.2, 0) is 9.84 Å². The topological polar surface area (TPSA) is 61.8 Å². The summed E-state index contributed by atoms with van der Waals surface area (Å²) in [5.41, 5.74) is 0. The first-order chi connectivity index (χ1) is 8.23. The van der Waals surface area contributed by atoms with Gasteiger partial charge in [-0.3, -0.25) is 4.99 Å². The number of rotatable bonds is 3. The van der Waals surface area contributed by atoms with Crippen LogP contribution in [0.15, 0.2) is 4.99 Å². The molecular formula is C11H23N3O2S2. The lowest BCUT2D eigenvalue weighted by Gasteiger charge is -2.39. The van der Waals surface area contributed by atoms with Crippen LogP contribution >= 0.6 is 11.8 Å². The first kappa shape index (κ1) is 15.6. The summed E-state index contributed by atoms with van der Waals surface area (Å²) in [6.07, 6.45) is 1.25. The zero-order chi connectivity index (χ0) is 13.8. The third kappa shape index (κ3) is 5.48. The molecule has 0 amide bonds. The van der Waals surface area contributed by atoms with E-state index in [2.05, 4.69) is 29.1 Å². The number of aliphatic imine (C=N–C) groups is 1. The molecule has 0 atom stereocenters. The predicted molar refractivity (Wildman–Crippen MR) is 79.2 cm³/mol. The summed E-state index contributed by atoms with van der Waals surface area (Å²) < 4.78 is 22.4. The Bertz CT molecular complexity index is 405. The minimum Gasteiger partial charge on any atom is -0.355 e. The van der Waals surface area contributed by atoms with Crippen molar-refractivity contribution in [3.63, 3.8) is 0 Å². The summed E-state index contributed by atoms with van der Waals surface area (Å²) in [5, 5.41) is 3.12. The summed E-state index contributed by atoms with van der Waals surface area (Å²) in [7, 11) is -1.19. The number of hydrogen-bond donors (Lipinski definition) is 1. The molecule has 0 aliphatic carbocycles. The molecule has 18 heavy (non-hydrogen) atoms. The van der Waals surface area contributed by atoms with E-state index in [4.69, 9.17) is 0 Å². The average Bonchev–Trinajstić information content (AvgIpc) is 2.21. The van der Waals surface area contributed by atoms with Crippen molar-refractivity contribution in [3.8, 4) is 0 Å². The van der Waals surface area contributed by atoms with Gasteiger partial charge in [0.15, 0.2) is 5.96 Å². The van der Waals surface area contributed by atoms with Crippen molar-refractivity contribution in [2.24, 2.45) is 4.99 Å². The second kappa shape index (κ2) is 6.14. The molecule has 0 spiro atoms. The zero-order valence-corrected chi connectivity index (χ0v) is 13.2. The van der Waals surface area contributed by atoms with Crippen LogP contribution in [0.3, 0.4) is 0 Å². The van der Waals surface area contributed by atoms with Crippen LogP contribution in [0.5, 0.6) is 0 Å². The van der Waals surface area contributed by atoms with Crippen LogP contribution in [0, 0.1) is 0 Å². The van der Waals surface area contributed by atoms with Crippen LogP contribution in [-0.4, -0.2) is 68.5 Å². The van der Waals surface area contributed by atoms with Crippen molar-refractivity contribution < 1.29 is 8.42 Å². The maximum atomic E-state index is 11.1. The SMILES string of the molecule is CN=C(NCCS(C)(=O)=O)N1CCSC(C)(C)C1. The van der Waals surface area contributed by atoms with Gasteiger partial charge in [0, 0.05) is 43.4 Å². The van der Waals surface area contributed by atoms with Crippen molar-refractivity contribution in [1.29, 1.82) is 0 Å². The molecular weight excluding hydrogens is 270 g/mol. The fourth-order valence-corrected chi connectivity index (χ4v) is 3.46. The van der Waals surface area contributed by atoms with E-state index in [0.717, 1.165) is 24.8 Å². The highest BCUT2D eigenvalue weighted by atomic mass is 32.2. The Morgan fingerprint density at radius 3 is 2.67 bits per heavy atom. The van der Waals surface area contributed by atoms with Crippen molar-refractivity contribution in [2.75, 3.05) is 44.4 Å². The van der Waals surface area contributed by atoms with Gasteiger partial charge in [-0.25, -0.2) is 8.42 Å². The van der Waals surface area contributed by atoms with Crippen molar-refractivity contribution in [3.05, 3.63) is 0 Å². The molecule has 0 radical (unpaired) electrons. The van der Waals surface area contributed by atoms with E-state index in [9.17, 15) is 8.42 Å². The Morgan fingerprint density at radius 1 is 1.50 bits per heavy atom. The first-order valence-corrected chi connectivity index (χ1v) is 9.05. The molecule has 1 heterocycles. The largest absolute Gasteiger partial charge is 0.355 e. The second-order valence-corrected chi connectivity index (χ2v) is 9.20. The Labute approximate surface area is 114 Å². The highest BCUT2D eigenvalue weighted by Gasteiger charge is 2.28. The lowest BCUT2D eigenvalue weighted by Crippen LogP contribution is -2.51. The molecule has 1 rings (SSSR count). The lowest BCUT2D eigenvalue weighted by atomic mass is 10.2. The van der Waals surface area contributed by atoms with E-state index in [1.54, 1.807) is 7.05 Å². The minimum absolute atomic E-state index is 0.137. The molecule has 1 N–H and O–H groups in total. The summed E-state index contributed by atoms with van der Waals surface area (Å²) in [5.74, 6) is 2.00. The summed E-state index contributed by atoms with van der Waals surface area (Å²) in [6, 6.07) is 0. The average molecular weight is 293 g/mol. The number of sulfone groups is 1. The van der Waals surface area contributed by atoms with Crippen molar-refractivity contribution in [1.82, 2.24) is 10.2 Å². The van der Waals surface area contributed by atoms with Gasteiger partial charge in [0.05, 0.1) is 5.75 Å². The maximum Gasteiger partial charge on any atom is 0.193 e. The van der Waals surface area contributed by atoms with Crippen LogP contribution in [0.2, 0.25) is 0 Å². The van der Waals surface area contributed by atoms with Gasteiger partial charge in [0.1, 0.15) is 9.84 Å². The summed E-state index contributed by atoms with van der Waals surface area (Å²) >= 11 is 1.96. The molecule has 1 aliphatic heterocycles. The Balaban J connectivity index is 2.51. The third-order valence-electron chi connectivity index (χ3n) is 2.69. The molecule has 5 nitrogen and oxygen atoms in total. The van der Waals surface area contributed by atoms with Gasteiger partial charge in [-0.2, -0.15) is 11.8 Å². The third-order valence-corrected chi connectivity index (χ3v) is 4.94. The van der Waals surface area contributed by atoms with E-state index in [-0.39, 0.29) is 10.5 Å². The van der Waals surface area contributed by atoms with Gasteiger partial charge in [-0.05, 0) is 13.8 Å². The smallest absolute Gasteiger partial charge is 0.193 e. The zero-order valence-electron chi connectivity index (χ0n) is 11.6. The number of guanidine groups is 1. The molecule has 0 bridgehead atoms. The minimum atomic E-state index is -2.92. The normalized spacial score (nSPS) is 20.9. The second-order valence-electron chi connectivity index (χ2n) is 5.13. The maximum absolute atomic E-state index is 11.1. The Hall–Kier alpha value is -0.430. The standard InChI is InChI=1S/C11H23N3O2S2/c1-11(2)9-14(6-7-17-11)10(12-3)13-5-8-18(4,15)16/h5-9H2,1-4H3,(H,12,13). The lowest BCUT2D eigenvalue weighted by molar-refractivity contribution is 0.377. The van der Waals surface area contributed by atoms with Crippen molar-refractivity contribution in [2.45, 2.75) is 18.6 Å². The van der Waals surface area contributed by atoms with Gasteiger partial charge >= 0.3 is 0 Å². The molecule has 1 fully saturated rings. The van der Waals surface area contributed by atoms with E-state index in [1.165, 1.54) is 6.26 Å². The van der Waals surface area contributed by atoms with Crippen LogP contribution in [0.1, 0.15) is 13.8 Å². The number of nitrogens with one attached hydrogen (secondary N) is 1. The fourth-order valence-electron chi connectivity index (χ4n) is 1.88. The fraction of sp³-hybridized carbons (Fsp3) is 0.909. The van der Waals surface area contributed by atoms with E-state index in [1.807, 2.05) is 11.8 Å². The van der Waals surface area contributed by atoms with Gasteiger partial charge in [0.2, 0.25) is 0 Å². The molecule has 1 aliphatic rings. The molecule has 1 saturated heterocycles. The predicted octanol–water partition coefficient (Wildman–Crippen LogP) is 0.434. The van der Waals surface area contributed by atoms with Crippen LogP contribution < -0.4 is 5.32 Å². The van der Waals surface area contributed by atoms with Crippen LogP contribution in [0.4, 0.5) is 0 Å². The van der Waals surface area contributed by atoms with Crippen LogP contribution in [0.25, 0.3) is 0 Å². The van der Waals surface area contributed by atoms with E-state index in [0.29, 0.717) is 6.54 Å². The van der Waals surface area contributed by atoms with Gasteiger partial charge < -0.3 is 10.2 Å². The van der Waals surface area contributed by atoms with Gasteiger partial charge in [0.25, 0.3) is 0 Å².